The second kappa shape index (κ2) is 5.11. The van der Waals surface area contributed by atoms with Crippen LogP contribution in [0.4, 0.5) is 0 Å². The highest BCUT2D eigenvalue weighted by atomic mass is 16.6. The maximum Gasteiger partial charge on any atom is 0.240 e. The van der Waals surface area contributed by atoms with Gasteiger partial charge in [0.2, 0.25) is 5.91 Å². The Morgan fingerprint density at radius 3 is 3.17 bits per heavy atom. The van der Waals surface area contributed by atoms with Gasteiger partial charge in [-0.2, -0.15) is 0 Å². The monoisotopic (exact) mass is 172 g/mol. The van der Waals surface area contributed by atoms with Crippen molar-refractivity contribution in [3.8, 4) is 0 Å². The number of carbonyl (C=O) groups is 1. The van der Waals surface area contributed by atoms with E-state index in [9.17, 15) is 4.79 Å². The second-order valence-electron chi connectivity index (χ2n) is 3.18. The van der Waals surface area contributed by atoms with Crippen molar-refractivity contribution in [1.29, 1.82) is 0 Å². The van der Waals surface area contributed by atoms with Gasteiger partial charge < -0.3 is 5.32 Å². The van der Waals surface area contributed by atoms with Crippen LogP contribution in [0.15, 0.2) is 0 Å². The normalized spacial score (nSPS) is 23.6. The first kappa shape index (κ1) is 9.48. The van der Waals surface area contributed by atoms with Gasteiger partial charge in [0.05, 0.1) is 6.61 Å². The van der Waals surface area contributed by atoms with E-state index in [-0.39, 0.29) is 5.91 Å². The summed E-state index contributed by atoms with van der Waals surface area (Å²) in [5, 5.41) is 3.28. The second-order valence-corrected chi connectivity index (χ2v) is 3.18. The predicted molar refractivity (Wildman–Crippen MR) is 45.4 cm³/mol. The summed E-state index contributed by atoms with van der Waals surface area (Å²) < 4.78 is 0. The van der Waals surface area contributed by atoms with Crippen LogP contribution < -0.4 is 10.8 Å². The van der Waals surface area contributed by atoms with Gasteiger partial charge in [-0.15, -0.1) is 0 Å². The van der Waals surface area contributed by atoms with Crippen molar-refractivity contribution < 1.29 is 9.63 Å². The molecule has 0 aromatic rings. The maximum atomic E-state index is 10.4. The fourth-order valence-corrected chi connectivity index (χ4v) is 1.33. The topological polar surface area (TPSA) is 50.4 Å². The molecule has 0 spiro atoms. The fraction of sp³-hybridized carbons (Fsp3) is 0.875. The Morgan fingerprint density at radius 2 is 2.58 bits per heavy atom. The van der Waals surface area contributed by atoms with Gasteiger partial charge in [-0.25, -0.2) is 5.48 Å². The van der Waals surface area contributed by atoms with E-state index < -0.39 is 0 Å². The van der Waals surface area contributed by atoms with Gasteiger partial charge in [0.25, 0.3) is 0 Å². The Kier molecular flexibility index (Phi) is 4.04. The highest BCUT2D eigenvalue weighted by Crippen LogP contribution is 2.08. The van der Waals surface area contributed by atoms with Crippen molar-refractivity contribution in [2.75, 3.05) is 19.7 Å². The molecule has 0 radical (unpaired) electrons. The number of hydrogen-bond acceptors (Lipinski definition) is 3. The minimum absolute atomic E-state index is 0.140. The lowest BCUT2D eigenvalue weighted by Gasteiger charge is -2.21. The molecule has 1 heterocycles. The van der Waals surface area contributed by atoms with E-state index in [2.05, 4.69) is 10.8 Å². The summed E-state index contributed by atoms with van der Waals surface area (Å²) in [6, 6.07) is 0. The lowest BCUT2D eigenvalue weighted by Crippen LogP contribution is -2.34. The molecule has 0 saturated carbocycles. The zero-order valence-corrected chi connectivity index (χ0v) is 7.43. The van der Waals surface area contributed by atoms with Crippen molar-refractivity contribution in [2.24, 2.45) is 5.92 Å². The van der Waals surface area contributed by atoms with Crippen LogP contribution in [-0.4, -0.2) is 25.6 Å². The van der Waals surface area contributed by atoms with Gasteiger partial charge in [-0.05, 0) is 25.3 Å². The fourth-order valence-electron chi connectivity index (χ4n) is 1.33. The quantitative estimate of drug-likeness (QED) is 0.592. The molecule has 12 heavy (non-hydrogen) atoms. The largest absolute Gasteiger partial charge is 0.316 e. The molecule has 0 aromatic carbocycles. The van der Waals surface area contributed by atoms with Crippen LogP contribution in [0.1, 0.15) is 19.8 Å². The Labute approximate surface area is 72.6 Å². The summed E-state index contributed by atoms with van der Waals surface area (Å²) in [6.45, 7) is 4.17. The van der Waals surface area contributed by atoms with Crippen LogP contribution in [0.3, 0.4) is 0 Å². The molecule has 1 atom stereocenters. The standard InChI is InChI=1S/C8H16N2O2/c1-7(11)10-12-6-8-3-2-4-9-5-8/h8-9H,2-6H2,1H3,(H,10,11). The van der Waals surface area contributed by atoms with Crippen LogP contribution in [0, 0.1) is 5.92 Å². The van der Waals surface area contributed by atoms with Gasteiger partial charge >= 0.3 is 0 Å². The molecule has 0 aliphatic carbocycles. The summed E-state index contributed by atoms with van der Waals surface area (Å²) >= 11 is 0. The Hall–Kier alpha value is -0.610. The smallest absolute Gasteiger partial charge is 0.240 e. The summed E-state index contributed by atoms with van der Waals surface area (Å²) in [7, 11) is 0. The summed E-state index contributed by atoms with van der Waals surface area (Å²) in [5.74, 6) is 0.407. The zero-order chi connectivity index (χ0) is 8.81. The van der Waals surface area contributed by atoms with E-state index in [1.807, 2.05) is 0 Å². The van der Waals surface area contributed by atoms with Crippen LogP contribution in [0.2, 0.25) is 0 Å². The van der Waals surface area contributed by atoms with E-state index in [0.29, 0.717) is 12.5 Å². The first-order valence-electron chi connectivity index (χ1n) is 4.38. The SMILES string of the molecule is CC(=O)NOCC1CCCNC1. The molecule has 1 fully saturated rings. The first-order chi connectivity index (χ1) is 5.79. The highest BCUT2D eigenvalue weighted by Gasteiger charge is 2.12. The lowest BCUT2D eigenvalue weighted by molar-refractivity contribution is -0.132. The number of carbonyl (C=O) groups excluding carboxylic acids is 1. The number of amides is 1. The average molecular weight is 172 g/mol. The molecule has 1 amide bonds. The third kappa shape index (κ3) is 3.69. The number of hydroxylamine groups is 1. The Balaban J connectivity index is 2.01. The van der Waals surface area contributed by atoms with Crippen molar-refractivity contribution in [3.05, 3.63) is 0 Å². The Morgan fingerprint density at radius 1 is 1.75 bits per heavy atom. The number of hydrogen-bond donors (Lipinski definition) is 2. The minimum atomic E-state index is -0.140. The predicted octanol–water partition coefficient (Wildman–Crippen LogP) is 0.0537. The lowest BCUT2D eigenvalue weighted by atomic mass is 10.0. The first-order valence-corrected chi connectivity index (χ1v) is 4.38. The van der Waals surface area contributed by atoms with E-state index >= 15 is 0 Å². The molecule has 1 aliphatic rings. The molecule has 2 N–H and O–H groups in total. The van der Waals surface area contributed by atoms with Gasteiger partial charge in [0.15, 0.2) is 0 Å². The van der Waals surface area contributed by atoms with Gasteiger partial charge in [0.1, 0.15) is 0 Å². The molecule has 0 aromatic heterocycles. The summed E-state index contributed by atoms with van der Waals surface area (Å²) in [5.41, 5.74) is 2.33. The summed E-state index contributed by atoms with van der Waals surface area (Å²) in [4.78, 5) is 15.4. The average Bonchev–Trinajstić information content (AvgIpc) is 2.05. The molecular formula is C8H16N2O2. The third-order valence-electron chi connectivity index (χ3n) is 1.93. The van der Waals surface area contributed by atoms with Crippen LogP contribution >= 0.6 is 0 Å². The van der Waals surface area contributed by atoms with Crippen molar-refractivity contribution in [3.63, 3.8) is 0 Å². The van der Waals surface area contributed by atoms with Crippen LogP contribution in [0.25, 0.3) is 0 Å². The van der Waals surface area contributed by atoms with E-state index in [1.54, 1.807) is 0 Å². The zero-order valence-electron chi connectivity index (χ0n) is 7.43. The number of piperidine rings is 1. The van der Waals surface area contributed by atoms with E-state index in [1.165, 1.54) is 19.8 Å². The molecule has 4 heteroatoms. The molecule has 0 bridgehead atoms. The van der Waals surface area contributed by atoms with Crippen LogP contribution in [-0.2, 0) is 9.63 Å². The van der Waals surface area contributed by atoms with Gasteiger partial charge in [-0.3, -0.25) is 9.63 Å². The van der Waals surface area contributed by atoms with Crippen molar-refractivity contribution in [1.82, 2.24) is 10.8 Å². The summed E-state index contributed by atoms with van der Waals surface area (Å²) in [6.07, 6.45) is 2.39. The molecule has 1 saturated heterocycles. The number of rotatable bonds is 3. The Bertz CT molecular complexity index is 144. The molecule has 70 valence electrons. The molecule has 4 nitrogen and oxygen atoms in total. The van der Waals surface area contributed by atoms with Crippen molar-refractivity contribution in [2.45, 2.75) is 19.8 Å². The van der Waals surface area contributed by atoms with E-state index in [4.69, 9.17) is 4.84 Å². The molecule has 1 aliphatic heterocycles. The van der Waals surface area contributed by atoms with E-state index in [0.717, 1.165) is 13.1 Å². The maximum absolute atomic E-state index is 10.4. The highest BCUT2D eigenvalue weighted by molar-refractivity contribution is 5.71. The molecular weight excluding hydrogens is 156 g/mol. The third-order valence-corrected chi connectivity index (χ3v) is 1.93. The van der Waals surface area contributed by atoms with Crippen molar-refractivity contribution >= 4 is 5.91 Å². The molecule has 1 rings (SSSR count). The van der Waals surface area contributed by atoms with Gasteiger partial charge in [-0.1, -0.05) is 0 Å². The molecule has 1 unspecified atom stereocenters. The van der Waals surface area contributed by atoms with Gasteiger partial charge in [0, 0.05) is 13.5 Å². The minimum Gasteiger partial charge on any atom is -0.316 e. The number of nitrogens with one attached hydrogen (secondary N) is 2. The van der Waals surface area contributed by atoms with Crippen LogP contribution in [0.5, 0.6) is 0 Å².